The summed E-state index contributed by atoms with van der Waals surface area (Å²) in [6.45, 7) is 4.45. The van der Waals surface area contributed by atoms with E-state index in [0.717, 1.165) is 35.9 Å². The Hall–Kier alpha value is -2.97. The summed E-state index contributed by atoms with van der Waals surface area (Å²) in [5, 5.41) is 7.20. The molecule has 1 fully saturated rings. The Morgan fingerprint density at radius 1 is 1.21 bits per heavy atom. The number of aromatic amines is 1. The molecule has 1 aliphatic rings. The second-order valence-electron chi connectivity index (χ2n) is 6.87. The van der Waals surface area contributed by atoms with Gasteiger partial charge in [-0.2, -0.15) is 18.3 Å². The highest BCUT2D eigenvalue weighted by Gasteiger charge is 2.36. The quantitative estimate of drug-likeness (QED) is 0.727. The Bertz CT molecular complexity index is 964. The summed E-state index contributed by atoms with van der Waals surface area (Å²) in [6, 6.07) is 4.26. The maximum absolute atomic E-state index is 13.5. The summed E-state index contributed by atoms with van der Waals surface area (Å²) in [7, 11) is 0. The summed E-state index contributed by atoms with van der Waals surface area (Å²) >= 11 is 0. The summed E-state index contributed by atoms with van der Waals surface area (Å²) in [5.41, 5.74) is 2.29. The fraction of sp³-hybridized carbons (Fsp3) is 0.368. The van der Waals surface area contributed by atoms with E-state index in [2.05, 4.69) is 25.1 Å². The third-order valence-electron chi connectivity index (χ3n) is 4.99. The number of aromatic nitrogens is 5. The van der Waals surface area contributed by atoms with E-state index in [1.54, 1.807) is 18.3 Å². The van der Waals surface area contributed by atoms with Crippen molar-refractivity contribution in [1.29, 1.82) is 0 Å². The van der Waals surface area contributed by atoms with Crippen LogP contribution in [0.15, 0.2) is 30.6 Å². The number of H-pyrrole nitrogens is 1. The summed E-state index contributed by atoms with van der Waals surface area (Å²) < 4.78 is 40.5. The predicted octanol–water partition coefficient (Wildman–Crippen LogP) is 4.24. The van der Waals surface area contributed by atoms with Gasteiger partial charge in [0.05, 0.1) is 11.7 Å². The monoisotopic (exact) mass is 388 g/mol. The average molecular weight is 388 g/mol. The molecule has 4 rings (SSSR count). The van der Waals surface area contributed by atoms with Crippen molar-refractivity contribution in [2.75, 3.05) is 11.4 Å². The van der Waals surface area contributed by atoms with Gasteiger partial charge in [0.25, 0.3) is 0 Å². The minimum absolute atomic E-state index is 0.0178. The second-order valence-corrected chi connectivity index (χ2v) is 6.87. The van der Waals surface area contributed by atoms with Crippen molar-refractivity contribution in [3.05, 3.63) is 53.2 Å². The van der Waals surface area contributed by atoms with Crippen molar-refractivity contribution < 1.29 is 13.2 Å². The largest absolute Gasteiger partial charge is 0.433 e. The smallest absolute Gasteiger partial charge is 0.349 e. The van der Waals surface area contributed by atoms with Crippen LogP contribution in [0.4, 0.5) is 19.0 Å². The highest BCUT2D eigenvalue weighted by molar-refractivity contribution is 5.58. The number of hydrogen-bond donors (Lipinski definition) is 1. The van der Waals surface area contributed by atoms with Crippen molar-refractivity contribution >= 4 is 5.82 Å². The zero-order chi connectivity index (χ0) is 19.9. The van der Waals surface area contributed by atoms with Gasteiger partial charge in [-0.3, -0.25) is 10.1 Å². The van der Waals surface area contributed by atoms with Crippen molar-refractivity contribution in [2.24, 2.45) is 0 Å². The van der Waals surface area contributed by atoms with E-state index < -0.39 is 11.9 Å². The first kappa shape index (κ1) is 18.4. The molecule has 0 radical (unpaired) electrons. The molecule has 3 aromatic rings. The van der Waals surface area contributed by atoms with Crippen LogP contribution in [0.3, 0.4) is 0 Å². The number of aryl methyl sites for hydroxylation is 2. The van der Waals surface area contributed by atoms with Crippen LogP contribution in [-0.4, -0.2) is 31.7 Å². The molecule has 146 valence electrons. The molecule has 1 atom stereocenters. The average Bonchev–Trinajstić information content (AvgIpc) is 3.27. The Morgan fingerprint density at radius 2 is 2.04 bits per heavy atom. The molecule has 9 heteroatoms. The van der Waals surface area contributed by atoms with Gasteiger partial charge in [0.1, 0.15) is 5.82 Å². The van der Waals surface area contributed by atoms with Gasteiger partial charge in [0, 0.05) is 41.8 Å². The Balaban J connectivity index is 1.82. The molecular weight excluding hydrogens is 369 g/mol. The molecule has 0 bridgehead atoms. The van der Waals surface area contributed by atoms with Crippen molar-refractivity contribution in [3.8, 4) is 11.4 Å². The summed E-state index contributed by atoms with van der Waals surface area (Å²) in [6.07, 6.45) is 0.145. The number of alkyl halides is 3. The minimum Gasteiger partial charge on any atom is -0.349 e. The van der Waals surface area contributed by atoms with E-state index in [1.807, 2.05) is 18.7 Å². The molecule has 3 aromatic heterocycles. The molecule has 4 heterocycles. The third kappa shape index (κ3) is 3.32. The number of anilines is 1. The van der Waals surface area contributed by atoms with Gasteiger partial charge in [-0.05, 0) is 38.8 Å². The minimum atomic E-state index is -4.56. The second kappa shape index (κ2) is 6.88. The number of hydrogen-bond acceptors (Lipinski definition) is 5. The van der Waals surface area contributed by atoms with Crippen LogP contribution in [-0.2, 0) is 6.18 Å². The zero-order valence-electron chi connectivity index (χ0n) is 15.5. The molecule has 0 aromatic carbocycles. The van der Waals surface area contributed by atoms with Gasteiger partial charge >= 0.3 is 6.18 Å². The molecule has 0 spiro atoms. The lowest BCUT2D eigenvalue weighted by Gasteiger charge is -2.27. The van der Waals surface area contributed by atoms with Crippen LogP contribution in [0.1, 0.15) is 41.5 Å². The number of pyridine rings is 1. The molecule has 1 aliphatic heterocycles. The molecule has 0 amide bonds. The third-order valence-corrected chi connectivity index (χ3v) is 4.99. The standard InChI is InChI=1S/C19H19F3N6/c1-11-17(12(2)27-26-11)14-6-4-8-28(14)16-9-15(19(20,21)22)24-18(25-16)13-5-3-7-23-10-13/h3,5,7,9-10,14H,4,6,8H2,1-2H3,(H,26,27)/t14-/m1/s1. The number of rotatable bonds is 3. The molecular formula is C19H19F3N6. The topological polar surface area (TPSA) is 70.6 Å². The fourth-order valence-corrected chi connectivity index (χ4v) is 3.74. The van der Waals surface area contributed by atoms with Crippen LogP contribution in [0.5, 0.6) is 0 Å². The Morgan fingerprint density at radius 3 is 2.68 bits per heavy atom. The van der Waals surface area contributed by atoms with Crippen molar-refractivity contribution in [2.45, 2.75) is 38.9 Å². The Labute approximate surface area is 159 Å². The van der Waals surface area contributed by atoms with E-state index >= 15 is 0 Å². The lowest BCUT2D eigenvalue weighted by atomic mass is 10.0. The van der Waals surface area contributed by atoms with Gasteiger partial charge < -0.3 is 4.90 Å². The predicted molar refractivity (Wildman–Crippen MR) is 97.6 cm³/mol. The van der Waals surface area contributed by atoms with E-state index in [0.29, 0.717) is 12.1 Å². The van der Waals surface area contributed by atoms with Gasteiger partial charge in [0.2, 0.25) is 0 Å². The van der Waals surface area contributed by atoms with E-state index in [9.17, 15) is 13.2 Å². The number of halogens is 3. The van der Waals surface area contributed by atoms with Crippen LogP contribution in [0.25, 0.3) is 11.4 Å². The Kier molecular flexibility index (Phi) is 4.52. The first-order valence-corrected chi connectivity index (χ1v) is 8.99. The van der Waals surface area contributed by atoms with E-state index in [-0.39, 0.29) is 17.7 Å². The van der Waals surface area contributed by atoms with Crippen LogP contribution in [0.2, 0.25) is 0 Å². The van der Waals surface area contributed by atoms with Gasteiger partial charge in [0.15, 0.2) is 11.5 Å². The molecule has 6 nitrogen and oxygen atoms in total. The van der Waals surface area contributed by atoms with Crippen LogP contribution < -0.4 is 4.90 Å². The normalized spacial score (nSPS) is 17.3. The van der Waals surface area contributed by atoms with Crippen molar-refractivity contribution in [3.63, 3.8) is 0 Å². The molecule has 1 saturated heterocycles. The molecule has 28 heavy (non-hydrogen) atoms. The number of nitrogens with one attached hydrogen (secondary N) is 1. The molecule has 0 aliphatic carbocycles. The zero-order valence-corrected chi connectivity index (χ0v) is 15.5. The first-order valence-electron chi connectivity index (χ1n) is 8.99. The molecule has 1 N–H and O–H groups in total. The van der Waals surface area contributed by atoms with Crippen LogP contribution in [0, 0.1) is 13.8 Å². The van der Waals surface area contributed by atoms with E-state index in [1.165, 1.54) is 6.20 Å². The summed E-state index contributed by atoms with van der Waals surface area (Å²) in [4.78, 5) is 14.1. The highest BCUT2D eigenvalue weighted by atomic mass is 19.4. The summed E-state index contributed by atoms with van der Waals surface area (Å²) in [5.74, 6) is 0.285. The maximum Gasteiger partial charge on any atom is 0.433 e. The fourth-order valence-electron chi connectivity index (χ4n) is 3.74. The lowest BCUT2D eigenvalue weighted by Crippen LogP contribution is -2.25. The molecule has 0 unspecified atom stereocenters. The van der Waals surface area contributed by atoms with Gasteiger partial charge in [-0.25, -0.2) is 9.97 Å². The number of nitrogens with zero attached hydrogens (tertiary/aromatic N) is 5. The lowest BCUT2D eigenvalue weighted by molar-refractivity contribution is -0.141. The van der Waals surface area contributed by atoms with Gasteiger partial charge in [-0.1, -0.05) is 0 Å². The molecule has 0 saturated carbocycles. The maximum atomic E-state index is 13.5. The highest BCUT2D eigenvalue weighted by Crippen LogP contribution is 2.39. The SMILES string of the molecule is Cc1n[nH]c(C)c1[C@H]1CCCN1c1cc(C(F)(F)F)nc(-c2cccnc2)n1. The van der Waals surface area contributed by atoms with E-state index in [4.69, 9.17) is 0 Å². The van der Waals surface area contributed by atoms with Crippen molar-refractivity contribution in [1.82, 2.24) is 25.1 Å². The first-order chi connectivity index (χ1) is 13.3. The van der Waals surface area contributed by atoms with Gasteiger partial charge in [-0.15, -0.1) is 0 Å². The van der Waals surface area contributed by atoms with Crippen LogP contribution >= 0.6 is 0 Å².